The molecule has 10 heteroatoms. The molecule has 9 nitrogen and oxygen atoms in total. The van der Waals surface area contributed by atoms with Crippen molar-refractivity contribution in [1.29, 1.82) is 0 Å². The fourth-order valence-corrected chi connectivity index (χ4v) is 3.42. The molecular weight excluding hydrogens is 388 g/mol. The van der Waals surface area contributed by atoms with Gasteiger partial charge < -0.3 is 14.8 Å². The second kappa shape index (κ2) is 10.4. The highest BCUT2D eigenvalue weighted by molar-refractivity contribution is 7.85. The number of nitrogens with zero attached hydrogens (tertiary/aromatic N) is 1. The monoisotopic (exact) mass is 414 g/mol. The first kappa shape index (κ1) is 22.1. The van der Waals surface area contributed by atoms with Gasteiger partial charge in [0.1, 0.15) is 12.6 Å². The molecule has 1 aromatic rings. The lowest BCUT2D eigenvalue weighted by atomic mass is 10.2. The molecule has 1 saturated heterocycles. The molecule has 0 aromatic heterocycles. The Morgan fingerprint density at radius 2 is 2.00 bits per heavy atom. The predicted octanol–water partition coefficient (Wildman–Crippen LogP) is 0.895. The largest absolute Gasteiger partial charge is 0.468 e. The van der Waals surface area contributed by atoms with Crippen molar-refractivity contribution in [3.8, 4) is 0 Å². The van der Waals surface area contributed by atoms with Crippen LogP contribution in [0, 0.1) is 0 Å². The second-order valence-electron chi connectivity index (χ2n) is 6.57. The number of benzene rings is 1. The maximum atomic E-state index is 12.1. The summed E-state index contributed by atoms with van der Waals surface area (Å²) >= 11 is 0. The van der Waals surface area contributed by atoms with E-state index in [1.54, 1.807) is 0 Å². The third-order valence-corrected chi connectivity index (χ3v) is 4.87. The highest BCUT2D eigenvalue weighted by atomic mass is 32.2. The van der Waals surface area contributed by atoms with E-state index in [0.717, 1.165) is 18.2 Å². The van der Waals surface area contributed by atoms with Gasteiger partial charge in [0.05, 0.1) is 26.0 Å². The first-order chi connectivity index (χ1) is 13.3. The number of hydrogen-bond donors (Lipinski definition) is 1. The number of carbonyl (C=O) groups excluding carboxylic acids is 2. The molecule has 1 amide bonds. The Hall–Kier alpha value is -2.17. The minimum absolute atomic E-state index is 0.0842. The summed E-state index contributed by atoms with van der Waals surface area (Å²) in [5, 5.41) is 2.62. The highest BCUT2D eigenvalue weighted by Crippen LogP contribution is 2.18. The lowest BCUT2D eigenvalue weighted by Crippen LogP contribution is -2.49. The van der Waals surface area contributed by atoms with E-state index >= 15 is 0 Å². The highest BCUT2D eigenvalue weighted by Gasteiger charge is 2.33. The van der Waals surface area contributed by atoms with E-state index in [-0.39, 0.29) is 25.7 Å². The van der Waals surface area contributed by atoms with Gasteiger partial charge >= 0.3 is 12.1 Å². The molecule has 2 rings (SSSR count). The van der Waals surface area contributed by atoms with Crippen LogP contribution in [0.25, 0.3) is 0 Å². The van der Waals surface area contributed by atoms with Gasteiger partial charge in [-0.25, -0.2) is 4.79 Å². The van der Waals surface area contributed by atoms with Gasteiger partial charge in [0.2, 0.25) is 0 Å². The maximum Gasteiger partial charge on any atom is 0.407 e. The lowest BCUT2D eigenvalue weighted by Gasteiger charge is -2.27. The fraction of sp³-hybridized carbons (Fsp3) is 0.556. The Bertz CT molecular complexity index is 754. The molecule has 0 spiro atoms. The molecule has 1 heterocycles. The number of likely N-dealkylation sites (tertiary alicyclic amines) is 1. The van der Waals surface area contributed by atoms with E-state index in [1.807, 2.05) is 35.2 Å². The van der Waals surface area contributed by atoms with Gasteiger partial charge in [-0.15, -0.1) is 0 Å². The van der Waals surface area contributed by atoms with Crippen LogP contribution in [0.15, 0.2) is 30.3 Å². The average molecular weight is 414 g/mol. The first-order valence-electron chi connectivity index (χ1n) is 8.92. The van der Waals surface area contributed by atoms with Crippen LogP contribution in [0.2, 0.25) is 0 Å². The number of alkyl carbamates (subject to hydrolysis) is 1. The average Bonchev–Trinajstić information content (AvgIpc) is 3.12. The number of amides is 1. The van der Waals surface area contributed by atoms with Crippen molar-refractivity contribution < 1.29 is 31.7 Å². The van der Waals surface area contributed by atoms with Gasteiger partial charge in [-0.05, 0) is 24.9 Å². The number of hydrogen-bond acceptors (Lipinski definition) is 8. The van der Waals surface area contributed by atoms with Crippen molar-refractivity contribution in [3.63, 3.8) is 0 Å². The molecule has 0 aliphatic carbocycles. The van der Waals surface area contributed by atoms with Gasteiger partial charge in [0.25, 0.3) is 10.1 Å². The van der Waals surface area contributed by atoms with Crippen LogP contribution in [0.4, 0.5) is 4.79 Å². The van der Waals surface area contributed by atoms with Crippen LogP contribution >= 0.6 is 0 Å². The van der Waals surface area contributed by atoms with Gasteiger partial charge in [0.15, 0.2) is 0 Å². The summed E-state index contributed by atoms with van der Waals surface area (Å²) in [7, 11) is -2.36. The van der Waals surface area contributed by atoms with Crippen molar-refractivity contribution in [2.45, 2.75) is 31.5 Å². The predicted molar refractivity (Wildman–Crippen MR) is 101 cm³/mol. The zero-order chi connectivity index (χ0) is 20.6. The van der Waals surface area contributed by atoms with Crippen molar-refractivity contribution in [2.75, 3.05) is 33.1 Å². The summed E-state index contributed by atoms with van der Waals surface area (Å²) in [4.78, 5) is 25.9. The molecule has 28 heavy (non-hydrogen) atoms. The number of methoxy groups -OCH3 is 1. The molecule has 1 aliphatic rings. The van der Waals surface area contributed by atoms with Crippen LogP contribution in [0.3, 0.4) is 0 Å². The van der Waals surface area contributed by atoms with Gasteiger partial charge in [-0.1, -0.05) is 30.3 Å². The molecular formula is C18H26N2O7S. The number of nitrogens with one attached hydrogen (secondary N) is 1. The molecule has 1 fully saturated rings. The Kier molecular flexibility index (Phi) is 8.21. The Morgan fingerprint density at radius 3 is 2.64 bits per heavy atom. The van der Waals surface area contributed by atoms with Crippen LogP contribution in [-0.4, -0.2) is 70.5 Å². The molecule has 156 valence electrons. The third-order valence-electron chi connectivity index (χ3n) is 4.31. The third kappa shape index (κ3) is 7.45. The number of carbonyl (C=O) groups is 2. The Labute approximate surface area is 165 Å². The van der Waals surface area contributed by atoms with Gasteiger partial charge in [0, 0.05) is 6.54 Å². The molecule has 2 atom stereocenters. The smallest absolute Gasteiger partial charge is 0.407 e. The normalized spacial score (nSPS) is 18.4. The van der Waals surface area contributed by atoms with Crippen LogP contribution < -0.4 is 5.32 Å². The summed E-state index contributed by atoms with van der Waals surface area (Å²) in [6.07, 6.45) is 1.69. The van der Waals surface area contributed by atoms with Crippen molar-refractivity contribution in [1.82, 2.24) is 10.2 Å². The summed E-state index contributed by atoms with van der Waals surface area (Å²) < 4.78 is 37.5. The van der Waals surface area contributed by atoms with Crippen molar-refractivity contribution >= 4 is 22.2 Å². The molecule has 1 unspecified atom stereocenters. The van der Waals surface area contributed by atoms with E-state index < -0.39 is 28.3 Å². The lowest BCUT2D eigenvalue weighted by molar-refractivity contribution is -0.145. The zero-order valence-corrected chi connectivity index (χ0v) is 16.8. The second-order valence-corrected chi connectivity index (χ2v) is 8.21. The van der Waals surface area contributed by atoms with Gasteiger partial charge in [-0.3, -0.25) is 13.9 Å². The number of esters is 1. The van der Waals surface area contributed by atoms with Crippen molar-refractivity contribution in [3.05, 3.63) is 35.9 Å². The molecule has 0 saturated carbocycles. The van der Waals surface area contributed by atoms with Gasteiger partial charge in [-0.2, -0.15) is 8.42 Å². The zero-order valence-electron chi connectivity index (χ0n) is 16.0. The molecule has 1 N–H and O–H groups in total. The summed E-state index contributed by atoms with van der Waals surface area (Å²) in [6.45, 7) is 0.691. The summed E-state index contributed by atoms with van der Waals surface area (Å²) in [5.41, 5.74) is 0.826. The van der Waals surface area contributed by atoms with E-state index in [1.165, 1.54) is 7.11 Å². The Balaban J connectivity index is 1.95. The molecule has 1 aromatic carbocycles. The SMILES string of the molecule is COC(=O)[C@@H]1CCCN1CC(COS(C)(=O)=O)NC(=O)OCc1ccccc1. The summed E-state index contributed by atoms with van der Waals surface area (Å²) in [5.74, 6) is -0.355. The van der Waals surface area contributed by atoms with E-state index in [4.69, 9.17) is 13.7 Å². The van der Waals surface area contributed by atoms with E-state index in [2.05, 4.69) is 5.32 Å². The minimum atomic E-state index is -3.68. The number of rotatable bonds is 9. The summed E-state index contributed by atoms with van der Waals surface area (Å²) in [6, 6.07) is 8.07. The fourth-order valence-electron chi connectivity index (χ4n) is 3.01. The van der Waals surface area contributed by atoms with Crippen molar-refractivity contribution in [2.24, 2.45) is 0 Å². The first-order valence-corrected chi connectivity index (χ1v) is 10.7. The number of ether oxygens (including phenoxy) is 2. The van der Waals surface area contributed by atoms with E-state index in [0.29, 0.717) is 13.0 Å². The van der Waals surface area contributed by atoms with Crippen LogP contribution in [-0.2, 0) is 35.2 Å². The minimum Gasteiger partial charge on any atom is -0.468 e. The van der Waals surface area contributed by atoms with Crippen LogP contribution in [0.1, 0.15) is 18.4 Å². The maximum absolute atomic E-state index is 12.1. The quantitative estimate of drug-likeness (QED) is 0.469. The molecule has 0 radical (unpaired) electrons. The molecule has 1 aliphatic heterocycles. The Morgan fingerprint density at radius 1 is 1.29 bits per heavy atom. The van der Waals surface area contributed by atoms with E-state index in [9.17, 15) is 18.0 Å². The topological polar surface area (TPSA) is 111 Å². The standard InChI is InChI=1S/C18H26N2O7S/c1-25-17(21)16-9-6-10-20(16)11-15(13-27-28(2,23)24)19-18(22)26-12-14-7-4-3-5-8-14/h3-5,7-8,15-16H,6,9-13H2,1-2H3,(H,19,22)/t15?,16-/m0/s1. The molecule has 0 bridgehead atoms. The van der Waals surface area contributed by atoms with Crippen LogP contribution in [0.5, 0.6) is 0 Å².